The summed E-state index contributed by atoms with van der Waals surface area (Å²) < 4.78 is 0. The summed E-state index contributed by atoms with van der Waals surface area (Å²) in [6.45, 7) is 18.6. The van der Waals surface area contributed by atoms with E-state index < -0.39 is 0 Å². The van der Waals surface area contributed by atoms with Crippen molar-refractivity contribution in [1.29, 1.82) is 0 Å². The van der Waals surface area contributed by atoms with Gasteiger partial charge in [0.2, 0.25) is 0 Å². The highest BCUT2D eigenvalue weighted by Gasteiger charge is 2.50. The van der Waals surface area contributed by atoms with E-state index in [4.69, 9.17) is 0 Å². The molecule has 2 atom stereocenters. The van der Waals surface area contributed by atoms with Crippen molar-refractivity contribution in [3.05, 3.63) is 12.7 Å². The van der Waals surface area contributed by atoms with Crippen LogP contribution in [0.2, 0.25) is 0 Å². The molecule has 0 aliphatic carbocycles. The lowest BCUT2D eigenvalue weighted by molar-refractivity contribution is 0.122. The van der Waals surface area contributed by atoms with Gasteiger partial charge in [-0.2, -0.15) is 0 Å². The third-order valence-corrected chi connectivity index (χ3v) is 3.54. The van der Waals surface area contributed by atoms with E-state index in [1.165, 1.54) is 0 Å². The molecule has 1 aliphatic heterocycles. The van der Waals surface area contributed by atoms with Gasteiger partial charge in [0.1, 0.15) is 0 Å². The van der Waals surface area contributed by atoms with Gasteiger partial charge >= 0.3 is 6.03 Å². The SMILES string of the molecule is C=C[C@@H]1[C@@H](CC)N(C(C)(C)C)C(=O)N1C(C)(C)C. The minimum Gasteiger partial charge on any atom is -0.314 e. The molecule has 1 heterocycles. The summed E-state index contributed by atoms with van der Waals surface area (Å²) in [5, 5.41) is 0. The predicted molar refractivity (Wildman–Crippen MR) is 76.6 cm³/mol. The Morgan fingerprint density at radius 3 is 1.83 bits per heavy atom. The molecule has 3 nitrogen and oxygen atoms in total. The number of carbonyl (C=O) groups excluding carboxylic acids is 1. The fraction of sp³-hybridized carbons (Fsp3) is 0.800. The molecule has 1 aliphatic rings. The number of amides is 2. The Morgan fingerprint density at radius 2 is 1.56 bits per heavy atom. The van der Waals surface area contributed by atoms with Crippen LogP contribution in [0.3, 0.4) is 0 Å². The van der Waals surface area contributed by atoms with Gasteiger partial charge in [0, 0.05) is 11.1 Å². The lowest BCUT2D eigenvalue weighted by Gasteiger charge is -2.37. The standard InChI is InChI=1S/C15H28N2O/c1-9-11-12(10-2)17(15(6,7)8)13(18)16(11)14(3,4)5/h9,11-12H,1,10H2,2-8H3/t11-,12-/m1/s1. The van der Waals surface area contributed by atoms with Gasteiger partial charge in [0.05, 0.1) is 12.1 Å². The van der Waals surface area contributed by atoms with Crippen molar-refractivity contribution in [2.24, 2.45) is 0 Å². The molecule has 0 spiro atoms. The Kier molecular flexibility index (Phi) is 3.85. The Labute approximate surface area is 112 Å². The predicted octanol–water partition coefficient (Wildman–Crippen LogP) is 3.65. The van der Waals surface area contributed by atoms with Crippen molar-refractivity contribution in [3.63, 3.8) is 0 Å². The fourth-order valence-electron chi connectivity index (χ4n) is 2.92. The van der Waals surface area contributed by atoms with E-state index in [2.05, 4.69) is 55.0 Å². The number of hydrogen-bond donors (Lipinski definition) is 0. The van der Waals surface area contributed by atoms with Crippen LogP contribution >= 0.6 is 0 Å². The zero-order valence-corrected chi connectivity index (χ0v) is 12.9. The van der Waals surface area contributed by atoms with E-state index in [9.17, 15) is 4.79 Å². The monoisotopic (exact) mass is 252 g/mol. The molecular weight excluding hydrogens is 224 g/mol. The molecule has 104 valence electrons. The summed E-state index contributed by atoms with van der Waals surface area (Å²) in [5.74, 6) is 0. The van der Waals surface area contributed by atoms with Gasteiger partial charge in [-0.3, -0.25) is 0 Å². The average molecular weight is 252 g/mol. The first-order valence-corrected chi connectivity index (χ1v) is 6.81. The van der Waals surface area contributed by atoms with E-state index >= 15 is 0 Å². The first-order valence-electron chi connectivity index (χ1n) is 6.81. The normalized spacial score (nSPS) is 25.8. The molecule has 0 bridgehead atoms. The smallest absolute Gasteiger partial charge is 0.314 e. The van der Waals surface area contributed by atoms with E-state index in [1.807, 2.05) is 15.9 Å². The molecule has 0 saturated carbocycles. The second-order valence-corrected chi connectivity index (χ2v) is 7.07. The molecule has 0 aromatic heterocycles. The zero-order valence-electron chi connectivity index (χ0n) is 12.9. The molecule has 1 fully saturated rings. The fourth-order valence-corrected chi connectivity index (χ4v) is 2.92. The average Bonchev–Trinajstić information content (AvgIpc) is 2.48. The molecule has 0 aromatic rings. The van der Waals surface area contributed by atoms with Gasteiger partial charge in [0.15, 0.2) is 0 Å². The Bertz CT molecular complexity index is 335. The van der Waals surface area contributed by atoms with Gasteiger partial charge in [-0.15, -0.1) is 6.58 Å². The van der Waals surface area contributed by atoms with E-state index in [0.29, 0.717) is 0 Å². The molecule has 0 unspecified atom stereocenters. The topological polar surface area (TPSA) is 23.6 Å². The van der Waals surface area contributed by atoms with Gasteiger partial charge in [-0.25, -0.2) is 4.79 Å². The number of carbonyl (C=O) groups is 1. The van der Waals surface area contributed by atoms with Crippen LogP contribution in [0.5, 0.6) is 0 Å². The summed E-state index contributed by atoms with van der Waals surface area (Å²) in [4.78, 5) is 16.7. The molecule has 1 saturated heterocycles. The maximum atomic E-state index is 12.7. The van der Waals surface area contributed by atoms with Crippen molar-refractivity contribution < 1.29 is 4.79 Å². The molecule has 1 rings (SSSR count). The summed E-state index contributed by atoms with van der Waals surface area (Å²) in [7, 11) is 0. The number of rotatable bonds is 2. The van der Waals surface area contributed by atoms with Crippen molar-refractivity contribution in [2.45, 2.75) is 78.0 Å². The second-order valence-electron chi connectivity index (χ2n) is 7.07. The number of nitrogens with zero attached hydrogens (tertiary/aromatic N) is 2. The van der Waals surface area contributed by atoms with Crippen molar-refractivity contribution in [3.8, 4) is 0 Å². The lowest BCUT2D eigenvalue weighted by atomic mass is 9.97. The summed E-state index contributed by atoms with van der Waals surface area (Å²) in [6, 6.07) is 0.447. The maximum absolute atomic E-state index is 12.7. The van der Waals surface area contributed by atoms with Crippen molar-refractivity contribution in [1.82, 2.24) is 9.80 Å². The molecule has 0 aromatic carbocycles. The van der Waals surface area contributed by atoms with Crippen molar-refractivity contribution in [2.75, 3.05) is 0 Å². The lowest BCUT2D eigenvalue weighted by Crippen LogP contribution is -2.50. The van der Waals surface area contributed by atoms with Crippen LogP contribution in [-0.4, -0.2) is 39.0 Å². The number of urea groups is 1. The van der Waals surface area contributed by atoms with Gasteiger partial charge in [-0.05, 0) is 48.0 Å². The molecule has 2 amide bonds. The third-order valence-electron chi connectivity index (χ3n) is 3.54. The van der Waals surface area contributed by atoms with E-state index in [0.717, 1.165) is 6.42 Å². The van der Waals surface area contributed by atoms with Gasteiger partial charge in [-0.1, -0.05) is 13.0 Å². The van der Waals surface area contributed by atoms with Gasteiger partial charge < -0.3 is 9.80 Å². The third kappa shape index (κ3) is 2.40. The highest BCUT2D eigenvalue weighted by Crippen LogP contribution is 2.36. The summed E-state index contributed by atoms with van der Waals surface area (Å²) in [5.41, 5.74) is -0.331. The summed E-state index contributed by atoms with van der Waals surface area (Å²) >= 11 is 0. The largest absolute Gasteiger partial charge is 0.321 e. The van der Waals surface area contributed by atoms with Crippen LogP contribution < -0.4 is 0 Å². The van der Waals surface area contributed by atoms with Crippen molar-refractivity contribution >= 4 is 6.03 Å². The minimum atomic E-state index is -0.177. The molecule has 3 heteroatoms. The van der Waals surface area contributed by atoms with Crippen LogP contribution in [0.15, 0.2) is 12.7 Å². The number of hydrogen-bond acceptors (Lipinski definition) is 1. The molecule has 18 heavy (non-hydrogen) atoms. The van der Waals surface area contributed by atoms with E-state index in [-0.39, 0.29) is 29.2 Å². The summed E-state index contributed by atoms with van der Waals surface area (Å²) in [6.07, 6.45) is 2.87. The molecule has 0 N–H and O–H groups in total. The van der Waals surface area contributed by atoms with E-state index in [1.54, 1.807) is 0 Å². The van der Waals surface area contributed by atoms with Gasteiger partial charge in [0.25, 0.3) is 0 Å². The Hall–Kier alpha value is -0.990. The van der Waals surface area contributed by atoms with Crippen LogP contribution in [0, 0.1) is 0 Å². The van der Waals surface area contributed by atoms with Crippen LogP contribution in [0.1, 0.15) is 54.9 Å². The highest BCUT2D eigenvalue weighted by molar-refractivity contribution is 5.80. The van der Waals surface area contributed by atoms with Crippen LogP contribution in [0.25, 0.3) is 0 Å². The Morgan fingerprint density at radius 1 is 1.11 bits per heavy atom. The highest BCUT2D eigenvalue weighted by atomic mass is 16.2. The maximum Gasteiger partial charge on any atom is 0.321 e. The first kappa shape index (κ1) is 15.1. The minimum absolute atomic E-state index is 0.0988. The molecule has 0 radical (unpaired) electrons. The zero-order chi connectivity index (χ0) is 14.3. The quantitative estimate of drug-likeness (QED) is 0.688. The first-order chi connectivity index (χ1) is 8.05. The Balaban J connectivity index is 3.26. The second kappa shape index (κ2) is 4.60. The van der Waals surface area contributed by atoms with Crippen LogP contribution in [-0.2, 0) is 0 Å². The molecular formula is C15H28N2O. The van der Waals surface area contributed by atoms with Crippen LogP contribution in [0.4, 0.5) is 4.79 Å².